The topological polar surface area (TPSA) is 75.7 Å². The number of rotatable bonds is 8. The standard InChI is InChI=1S/C19H34N2O4/c1-18(2,3)8-11-25-12-9-20-15(22)7-10-21-16(23)13-14(17(21)24)19(4,5)6/h14H,7-13H2,1-6H3,(H,20,22). The molecule has 3 amide bonds. The molecule has 1 N–H and O–H groups in total. The van der Waals surface area contributed by atoms with Crippen LogP contribution in [0.4, 0.5) is 0 Å². The molecule has 0 aliphatic carbocycles. The van der Waals surface area contributed by atoms with Crippen LogP contribution in [0.5, 0.6) is 0 Å². The number of hydrogen-bond acceptors (Lipinski definition) is 4. The highest BCUT2D eigenvalue weighted by atomic mass is 16.5. The van der Waals surface area contributed by atoms with Gasteiger partial charge in [0.05, 0.1) is 12.5 Å². The number of nitrogens with zero attached hydrogens (tertiary/aromatic N) is 1. The fourth-order valence-corrected chi connectivity index (χ4v) is 2.64. The van der Waals surface area contributed by atoms with E-state index in [1.165, 1.54) is 4.90 Å². The Balaban J connectivity index is 2.24. The molecule has 1 aliphatic rings. The first-order valence-corrected chi connectivity index (χ1v) is 9.10. The van der Waals surface area contributed by atoms with Crippen LogP contribution >= 0.6 is 0 Å². The highest BCUT2D eigenvalue weighted by molar-refractivity contribution is 6.04. The Morgan fingerprint density at radius 1 is 1.16 bits per heavy atom. The molecule has 0 aromatic carbocycles. The van der Waals surface area contributed by atoms with Crippen LogP contribution in [0, 0.1) is 16.7 Å². The van der Waals surface area contributed by atoms with E-state index >= 15 is 0 Å². The van der Waals surface area contributed by atoms with Gasteiger partial charge in [0.15, 0.2) is 0 Å². The minimum absolute atomic E-state index is 0.135. The maximum absolute atomic E-state index is 12.3. The monoisotopic (exact) mass is 354 g/mol. The maximum atomic E-state index is 12.3. The molecule has 0 radical (unpaired) electrons. The van der Waals surface area contributed by atoms with Crippen LogP contribution in [-0.4, -0.2) is 48.9 Å². The first-order valence-electron chi connectivity index (χ1n) is 9.10. The number of hydrogen-bond donors (Lipinski definition) is 1. The largest absolute Gasteiger partial charge is 0.380 e. The van der Waals surface area contributed by atoms with E-state index in [0.29, 0.717) is 19.8 Å². The zero-order valence-electron chi connectivity index (χ0n) is 16.6. The van der Waals surface area contributed by atoms with E-state index in [1.54, 1.807) is 0 Å². The molecule has 0 spiro atoms. The zero-order valence-corrected chi connectivity index (χ0v) is 16.6. The number of amides is 3. The molecule has 144 valence electrons. The van der Waals surface area contributed by atoms with Gasteiger partial charge in [-0.2, -0.15) is 0 Å². The van der Waals surface area contributed by atoms with Gasteiger partial charge in [0, 0.05) is 32.5 Å². The van der Waals surface area contributed by atoms with Gasteiger partial charge in [-0.25, -0.2) is 0 Å². The predicted octanol–water partition coefficient (Wildman–Crippen LogP) is 2.37. The van der Waals surface area contributed by atoms with Gasteiger partial charge in [-0.3, -0.25) is 19.3 Å². The van der Waals surface area contributed by atoms with Gasteiger partial charge in [-0.05, 0) is 17.3 Å². The van der Waals surface area contributed by atoms with Crippen molar-refractivity contribution < 1.29 is 19.1 Å². The molecule has 0 saturated carbocycles. The van der Waals surface area contributed by atoms with Gasteiger partial charge in [0.25, 0.3) is 0 Å². The SMILES string of the molecule is CC(C)(C)CCOCCNC(=O)CCN1C(=O)CC(C(C)(C)C)C1=O. The van der Waals surface area contributed by atoms with Crippen LogP contribution in [0.1, 0.15) is 60.8 Å². The van der Waals surface area contributed by atoms with Gasteiger partial charge in [-0.1, -0.05) is 41.5 Å². The Hall–Kier alpha value is -1.43. The number of likely N-dealkylation sites (tertiary alicyclic amines) is 1. The third kappa shape index (κ3) is 7.55. The van der Waals surface area contributed by atoms with Gasteiger partial charge >= 0.3 is 0 Å². The fourth-order valence-electron chi connectivity index (χ4n) is 2.64. The second-order valence-corrected chi connectivity index (χ2v) is 9.03. The lowest BCUT2D eigenvalue weighted by Gasteiger charge is -2.24. The molecule has 25 heavy (non-hydrogen) atoms. The molecule has 1 atom stereocenters. The van der Waals surface area contributed by atoms with Gasteiger partial charge in [0.1, 0.15) is 0 Å². The van der Waals surface area contributed by atoms with E-state index in [2.05, 4.69) is 26.1 Å². The van der Waals surface area contributed by atoms with Crippen molar-refractivity contribution in [2.75, 3.05) is 26.3 Å². The summed E-state index contributed by atoms with van der Waals surface area (Å²) in [5.74, 6) is -0.794. The van der Waals surface area contributed by atoms with Crippen molar-refractivity contribution in [1.29, 1.82) is 0 Å². The first kappa shape index (κ1) is 21.6. The van der Waals surface area contributed by atoms with E-state index in [0.717, 1.165) is 6.42 Å². The van der Waals surface area contributed by atoms with Crippen molar-refractivity contribution in [3.8, 4) is 0 Å². The van der Waals surface area contributed by atoms with E-state index < -0.39 is 0 Å². The van der Waals surface area contributed by atoms with Gasteiger partial charge < -0.3 is 10.1 Å². The number of carbonyl (C=O) groups is 3. The summed E-state index contributed by atoms with van der Waals surface area (Å²) in [6.45, 7) is 14.1. The highest BCUT2D eigenvalue weighted by Gasteiger charge is 2.44. The number of imide groups is 1. The molecular formula is C19H34N2O4. The van der Waals surface area contributed by atoms with Gasteiger partial charge in [-0.15, -0.1) is 0 Å². The molecule has 0 aromatic heterocycles. The van der Waals surface area contributed by atoms with Gasteiger partial charge in [0.2, 0.25) is 17.7 Å². The van der Waals surface area contributed by atoms with Crippen LogP contribution < -0.4 is 5.32 Å². The summed E-state index contributed by atoms with van der Waals surface area (Å²) in [6.07, 6.45) is 1.34. The van der Waals surface area contributed by atoms with Crippen LogP contribution in [0.3, 0.4) is 0 Å². The third-order valence-corrected chi connectivity index (χ3v) is 4.42. The molecule has 1 fully saturated rings. The van der Waals surface area contributed by atoms with Crippen LogP contribution in [0.15, 0.2) is 0 Å². The summed E-state index contributed by atoms with van der Waals surface area (Å²) in [5, 5.41) is 2.76. The fraction of sp³-hybridized carbons (Fsp3) is 0.842. The minimum atomic E-state index is -0.292. The lowest BCUT2D eigenvalue weighted by atomic mass is 9.80. The molecule has 6 heteroatoms. The molecular weight excluding hydrogens is 320 g/mol. The highest BCUT2D eigenvalue weighted by Crippen LogP contribution is 2.35. The van der Waals surface area contributed by atoms with Crippen LogP contribution in [-0.2, 0) is 19.1 Å². The molecule has 1 unspecified atom stereocenters. The van der Waals surface area contributed by atoms with E-state index in [-0.39, 0.29) is 53.9 Å². The maximum Gasteiger partial charge on any atom is 0.233 e. The normalized spacial score (nSPS) is 18.8. The van der Waals surface area contributed by atoms with Crippen molar-refractivity contribution in [2.45, 2.75) is 60.8 Å². The Morgan fingerprint density at radius 2 is 1.80 bits per heavy atom. The average Bonchev–Trinajstić information content (AvgIpc) is 2.74. The number of nitrogens with one attached hydrogen (secondary N) is 1. The Labute approximate surface area is 151 Å². The zero-order chi connectivity index (χ0) is 19.3. The summed E-state index contributed by atoms with van der Waals surface area (Å²) >= 11 is 0. The number of ether oxygens (including phenoxy) is 1. The Kier molecular flexibility index (Phi) is 7.60. The summed E-state index contributed by atoms with van der Waals surface area (Å²) in [6, 6.07) is 0. The molecule has 6 nitrogen and oxygen atoms in total. The summed E-state index contributed by atoms with van der Waals surface area (Å²) in [4.78, 5) is 37.5. The second-order valence-electron chi connectivity index (χ2n) is 9.03. The van der Waals surface area contributed by atoms with Crippen molar-refractivity contribution in [3.63, 3.8) is 0 Å². The lowest BCUT2D eigenvalue weighted by molar-refractivity contribution is -0.140. The summed E-state index contributed by atoms with van der Waals surface area (Å²) < 4.78 is 5.49. The summed E-state index contributed by atoms with van der Waals surface area (Å²) in [5.41, 5.74) is -0.00287. The third-order valence-electron chi connectivity index (χ3n) is 4.42. The minimum Gasteiger partial charge on any atom is -0.380 e. The molecule has 0 bridgehead atoms. The predicted molar refractivity (Wildman–Crippen MR) is 96.8 cm³/mol. The second kappa shape index (κ2) is 8.79. The van der Waals surface area contributed by atoms with E-state index in [4.69, 9.17) is 4.74 Å². The smallest absolute Gasteiger partial charge is 0.233 e. The molecule has 1 rings (SSSR count). The van der Waals surface area contributed by atoms with Crippen LogP contribution in [0.25, 0.3) is 0 Å². The Morgan fingerprint density at radius 3 is 2.32 bits per heavy atom. The Bertz CT molecular complexity index is 489. The molecule has 1 heterocycles. The molecule has 0 aromatic rings. The van der Waals surface area contributed by atoms with E-state index in [1.807, 2.05) is 20.8 Å². The molecule has 1 saturated heterocycles. The van der Waals surface area contributed by atoms with Crippen molar-refractivity contribution in [2.24, 2.45) is 16.7 Å². The number of carbonyl (C=O) groups excluding carboxylic acids is 3. The molecule has 1 aliphatic heterocycles. The van der Waals surface area contributed by atoms with Crippen molar-refractivity contribution in [1.82, 2.24) is 10.2 Å². The van der Waals surface area contributed by atoms with Crippen molar-refractivity contribution >= 4 is 17.7 Å². The first-order chi connectivity index (χ1) is 11.4. The quantitative estimate of drug-likeness (QED) is 0.536. The lowest BCUT2D eigenvalue weighted by Crippen LogP contribution is -2.37. The van der Waals surface area contributed by atoms with Crippen LogP contribution in [0.2, 0.25) is 0 Å². The average molecular weight is 354 g/mol. The van der Waals surface area contributed by atoms with E-state index in [9.17, 15) is 14.4 Å². The summed E-state index contributed by atoms with van der Waals surface area (Å²) in [7, 11) is 0. The van der Waals surface area contributed by atoms with Crippen molar-refractivity contribution in [3.05, 3.63) is 0 Å².